The fourth-order valence-electron chi connectivity index (χ4n) is 1.57. The van der Waals surface area contributed by atoms with Gasteiger partial charge in [0.05, 0.1) is 16.8 Å². The summed E-state index contributed by atoms with van der Waals surface area (Å²) in [6.45, 7) is 0. The van der Waals surface area contributed by atoms with Crippen LogP contribution in [-0.4, -0.2) is 22.2 Å². The number of aromatic carboxylic acids is 2. The van der Waals surface area contributed by atoms with Crippen molar-refractivity contribution in [2.24, 2.45) is 0 Å². The van der Waals surface area contributed by atoms with Crippen LogP contribution >= 0.6 is 0 Å². The first kappa shape index (κ1) is 13.4. The van der Waals surface area contributed by atoms with E-state index >= 15 is 0 Å². The predicted octanol–water partition coefficient (Wildman–Crippen LogP) is 2.46. The first-order chi connectivity index (χ1) is 9.47. The van der Waals surface area contributed by atoms with Gasteiger partial charge in [-0.3, -0.25) is 0 Å². The van der Waals surface area contributed by atoms with Crippen LogP contribution in [0.1, 0.15) is 20.7 Å². The Kier molecular flexibility index (Phi) is 3.56. The molecular weight excluding hydrogens is 262 g/mol. The van der Waals surface area contributed by atoms with E-state index in [4.69, 9.17) is 20.7 Å². The molecule has 2 aromatic carbocycles. The monoisotopic (exact) mass is 273 g/mol. The molecule has 0 amide bonds. The second-order valence-electron chi connectivity index (χ2n) is 3.99. The van der Waals surface area contributed by atoms with E-state index in [0.29, 0.717) is 11.5 Å². The predicted molar refractivity (Wildman–Crippen MR) is 71.3 cm³/mol. The van der Waals surface area contributed by atoms with Gasteiger partial charge in [0.2, 0.25) is 0 Å². The van der Waals surface area contributed by atoms with Crippen LogP contribution in [0.4, 0.5) is 5.69 Å². The molecule has 0 radical (unpaired) electrons. The van der Waals surface area contributed by atoms with Crippen molar-refractivity contribution in [2.75, 3.05) is 5.73 Å². The average Bonchev–Trinajstić information content (AvgIpc) is 2.41. The van der Waals surface area contributed by atoms with Crippen LogP contribution in [0.2, 0.25) is 0 Å². The van der Waals surface area contributed by atoms with Crippen molar-refractivity contribution in [3.05, 3.63) is 53.6 Å². The maximum absolute atomic E-state index is 10.8. The third-order valence-corrected chi connectivity index (χ3v) is 2.59. The molecule has 0 aliphatic rings. The summed E-state index contributed by atoms with van der Waals surface area (Å²) in [6, 6.07) is 9.91. The molecule has 0 aliphatic carbocycles. The molecule has 4 N–H and O–H groups in total. The number of carboxylic acids is 2. The SMILES string of the molecule is Nc1cc(C(=O)O)ccc1Oc1ccc(C(=O)O)cc1. The van der Waals surface area contributed by atoms with Crippen LogP contribution in [-0.2, 0) is 0 Å². The van der Waals surface area contributed by atoms with Crippen LogP contribution in [0, 0.1) is 0 Å². The molecule has 20 heavy (non-hydrogen) atoms. The number of carboxylic acid groups (broad SMARTS) is 2. The van der Waals surface area contributed by atoms with Gasteiger partial charge in [0.25, 0.3) is 0 Å². The van der Waals surface area contributed by atoms with Crippen molar-refractivity contribution >= 4 is 17.6 Å². The van der Waals surface area contributed by atoms with E-state index < -0.39 is 11.9 Å². The number of nitrogen functional groups attached to an aromatic ring is 1. The first-order valence-corrected chi connectivity index (χ1v) is 5.61. The summed E-state index contributed by atoms with van der Waals surface area (Å²) >= 11 is 0. The first-order valence-electron chi connectivity index (χ1n) is 5.61. The van der Waals surface area contributed by atoms with E-state index in [0.717, 1.165) is 0 Å². The van der Waals surface area contributed by atoms with E-state index in [1.54, 1.807) is 0 Å². The van der Waals surface area contributed by atoms with Gasteiger partial charge in [0.15, 0.2) is 0 Å². The highest BCUT2D eigenvalue weighted by atomic mass is 16.5. The number of anilines is 1. The largest absolute Gasteiger partial charge is 0.478 e. The third-order valence-electron chi connectivity index (χ3n) is 2.59. The molecule has 0 bridgehead atoms. The minimum atomic E-state index is -1.07. The highest BCUT2D eigenvalue weighted by Gasteiger charge is 2.08. The molecule has 0 heterocycles. The third kappa shape index (κ3) is 2.86. The molecule has 102 valence electrons. The zero-order valence-electron chi connectivity index (χ0n) is 10.2. The number of carbonyl (C=O) groups is 2. The van der Waals surface area contributed by atoms with Crippen molar-refractivity contribution < 1.29 is 24.5 Å². The lowest BCUT2D eigenvalue weighted by molar-refractivity contribution is 0.0686. The lowest BCUT2D eigenvalue weighted by Crippen LogP contribution is -1.99. The number of nitrogens with two attached hydrogens (primary N) is 1. The summed E-state index contributed by atoms with van der Waals surface area (Å²) in [7, 11) is 0. The summed E-state index contributed by atoms with van der Waals surface area (Å²) < 4.78 is 5.47. The molecule has 0 spiro atoms. The number of rotatable bonds is 4. The van der Waals surface area contributed by atoms with Gasteiger partial charge >= 0.3 is 11.9 Å². The quantitative estimate of drug-likeness (QED) is 0.738. The Balaban J connectivity index is 2.21. The number of benzene rings is 2. The molecule has 0 aromatic heterocycles. The van der Waals surface area contributed by atoms with Crippen LogP contribution < -0.4 is 10.5 Å². The minimum absolute atomic E-state index is 0.0658. The van der Waals surface area contributed by atoms with Crippen molar-refractivity contribution in [2.45, 2.75) is 0 Å². The molecule has 0 saturated carbocycles. The summed E-state index contributed by atoms with van der Waals surface area (Å²) in [5.74, 6) is -1.39. The lowest BCUT2D eigenvalue weighted by atomic mass is 10.2. The maximum Gasteiger partial charge on any atom is 0.335 e. The van der Waals surface area contributed by atoms with Gasteiger partial charge in [0, 0.05) is 0 Å². The van der Waals surface area contributed by atoms with Gasteiger partial charge in [-0.15, -0.1) is 0 Å². The summed E-state index contributed by atoms with van der Waals surface area (Å²) in [4.78, 5) is 21.5. The van der Waals surface area contributed by atoms with Gasteiger partial charge in [-0.2, -0.15) is 0 Å². The molecular formula is C14H11NO5. The number of hydrogen-bond donors (Lipinski definition) is 3. The van der Waals surface area contributed by atoms with Crippen LogP contribution in [0.25, 0.3) is 0 Å². The molecule has 2 rings (SSSR count). The highest BCUT2D eigenvalue weighted by Crippen LogP contribution is 2.28. The Hall–Kier alpha value is -3.02. The number of hydrogen-bond acceptors (Lipinski definition) is 4. The Labute approximate surface area is 114 Å². The topological polar surface area (TPSA) is 110 Å². The fourth-order valence-corrected chi connectivity index (χ4v) is 1.57. The normalized spacial score (nSPS) is 10.0. The van der Waals surface area contributed by atoms with Gasteiger partial charge in [-0.25, -0.2) is 9.59 Å². The Morgan fingerprint density at radius 3 is 1.95 bits per heavy atom. The molecule has 0 saturated heterocycles. The Morgan fingerprint density at radius 2 is 1.45 bits per heavy atom. The Bertz CT molecular complexity index is 664. The summed E-state index contributed by atoms with van der Waals surface area (Å²) in [5.41, 5.74) is 6.10. The van der Waals surface area contributed by atoms with Gasteiger partial charge < -0.3 is 20.7 Å². The highest BCUT2D eigenvalue weighted by molar-refractivity contribution is 5.89. The second kappa shape index (κ2) is 5.31. The Morgan fingerprint density at radius 1 is 0.900 bits per heavy atom. The van der Waals surface area contributed by atoms with Crippen LogP contribution in [0.3, 0.4) is 0 Å². The van der Waals surface area contributed by atoms with Gasteiger partial charge in [-0.1, -0.05) is 0 Å². The van der Waals surface area contributed by atoms with Gasteiger partial charge in [-0.05, 0) is 42.5 Å². The number of ether oxygens (including phenoxy) is 1. The second-order valence-corrected chi connectivity index (χ2v) is 3.99. The maximum atomic E-state index is 10.8. The molecule has 0 unspecified atom stereocenters. The van der Waals surface area contributed by atoms with E-state index in [-0.39, 0.29) is 16.8 Å². The zero-order chi connectivity index (χ0) is 14.7. The van der Waals surface area contributed by atoms with E-state index in [1.165, 1.54) is 42.5 Å². The standard InChI is InChI=1S/C14H11NO5/c15-11-7-9(14(18)19)3-6-12(11)20-10-4-1-8(2-5-10)13(16)17/h1-7H,15H2,(H,16,17)(H,18,19). The van der Waals surface area contributed by atoms with E-state index in [9.17, 15) is 9.59 Å². The van der Waals surface area contributed by atoms with Crippen molar-refractivity contribution in [3.63, 3.8) is 0 Å². The van der Waals surface area contributed by atoms with Crippen molar-refractivity contribution in [3.8, 4) is 11.5 Å². The van der Waals surface area contributed by atoms with Gasteiger partial charge in [0.1, 0.15) is 11.5 Å². The van der Waals surface area contributed by atoms with E-state index in [2.05, 4.69) is 0 Å². The minimum Gasteiger partial charge on any atom is -0.478 e. The average molecular weight is 273 g/mol. The lowest BCUT2D eigenvalue weighted by Gasteiger charge is -2.09. The van der Waals surface area contributed by atoms with Crippen molar-refractivity contribution in [1.82, 2.24) is 0 Å². The summed E-state index contributed by atoms with van der Waals surface area (Å²) in [5, 5.41) is 17.6. The van der Waals surface area contributed by atoms with Crippen molar-refractivity contribution in [1.29, 1.82) is 0 Å². The molecule has 6 nitrogen and oxygen atoms in total. The molecule has 6 heteroatoms. The smallest absolute Gasteiger partial charge is 0.335 e. The molecule has 0 aliphatic heterocycles. The van der Waals surface area contributed by atoms with Crippen LogP contribution in [0.5, 0.6) is 11.5 Å². The van der Waals surface area contributed by atoms with Crippen LogP contribution in [0.15, 0.2) is 42.5 Å². The molecule has 0 fully saturated rings. The zero-order valence-corrected chi connectivity index (χ0v) is 10.2. The fraction of sp³-hybridized carbons (Fsp3) is 0. The summed E-state index contributed by atoms with van der Waals surface area (Å²) in [6.07, 6.45) is 0. The van der Waals surface area contributed by atoms with E-state index in [1.807, 2.05) is 0 Å². The molecule has 0 atom stereocenters. The molecule has 2 aromatic rings.